The van der Waals surface area contributed by atoms with Crippen LogP contribution in [-0.2, 0) is 24.5 Å². The maximum atomic E-state index is 14.1. The second-order valence-electron chi connectivity index (χ2n) is 9.83. The number of nitrogens with zero attached hydrogens (tertiary/aromatic N) is 2. The van der Waals surface area contributed by atoms with Gasteiger partial charge in [0.05, 0.1) is 18.5 Å². The van der Waals surface area contributed by atoms with Crippen LogP contribution in [0.5, 0.6) is 0 Å². The molecule has 5 rings (SSSR count). The van der Waals surface area contributed by atoms with Gasteiger partial charge in [0.2, 0.25) is 5.91 Å². The third kappa shape index (κ3) is 4.06. The molecule has 3 fully saturated rings. The molecule has 0 radical (unpaired) electrons. The maximum absolute atomic E-state index is 14.1. The SMILES string of the molecule is Cc1cc(C)cc(C2(C(=O)N3CC[C@]4(C3)CN(c3ccccc3)C(=O)CO4)CCOCC2)c1. The number of rotatable bonds is 3. The molecule has 2 amide bonds. The minimum Gasteiger partial charge on any atom is -0.381 e. The van der Waals surface area contributed by atoms with E-state index in [2.05, 4.69) is 32.0 Å². The van der Waals surface area contributed by atoms with Crippen molar-refractivity contribution in [3.05, 3.63) is 65.2 Å². The van der Waals surface area contributed by atoms with Crippen molar-refractivity contribution < 1.29 is 19.1 Å². The second kappa shape index (κ2) is 8.58. The van der Waals surface area contributed by atoms with Gasteiger partial charge in [0.1, 0.15) is 12.2 Å². The van der Waals surface area contributed by atoms with Crippen LogP contribution >= 0.6 is 0 Å². The van der Waals surface area contributed by atoms with Crippen molar-refractivity contribution in [2.75, 3.05) is 44.4 Å². The van der Waals surface area contributed by atoms with Crippen LogP contribution in [0.2, 0.25) is 0 Å². The Morgan fingerprint density at radius 2 is 1.64 bits per heavy atom. The van der Waals surface area contributed by atoms with E-state index in [0.29, 0.717) is 45.7 Å². The van der Waals surface area contributed by atoms with E-state index in [1.54, 1.807) is 0 Å². The van der Waals surface area contributed by atoms with Crippen LogP contribution in [0.25, 0.3) is 0 Å². The Hall–Kier alpha value is -2.70. The van der Waals surface area contributed by atoms with Crippen LogP contribution < -0.4 is 4.90 Å². The van der Waals surface area contributed by atoms with Crippen molar-refractivity contribution in [3.8, 4) is 0 Å². The maximum Gasteiger partial charge on any atom is 0.253 e. The molecule has 0 unspecified atom stereocenters. The first-order chi connectivity index (χ1) is 15.9. The van der Waals surface area contributed by atoms with Crippen molar-refractivity contribution in [1.29, 1.82) is 0 Å². The number of hydrogen-bond donors (Lipinski definition) is 0. The summed E-state index contributed by atoms with van der Waals surface area (Å²) in [4.78, 5) is 30.5. The molecule has 6 heteroatoms. The van der Waals surface area contributed by atoms with Crippen LogP contribution in [0.1, 0.15) is 36.0 Å². The summed E-state index contributed by atoms with van der Waals surface area (Å²) >= 11 is 0. The lowest BCUT2D eigenvalue weighted by atomic mass is 9.72. The number of para-hydroxylation sites is 1. The molecule has 0 bridgehead atoms. The molecule has 3 aliphatic heterocycles. The fourth-order valence-corrected chi connectivity index (χ4v) is 5.72. The molecule has 2 aromatic rings. The van der Waals surface area contributed by atoms with E-state index >= 15 is 0 Å². The Labute approximate surface area is 195 Å². The highest BCUT2D eigenvalue weighted by Crippen LogP contribution is 2.40. The van der Waals surface area contributed by atoms with E-state index in [4.69, 9.17) is 9.47 Å². The Bertz CT molecular complexity index is 1030. The number of hydrogen-bond acceptors (Lipinski definition) is 4. The molecule has 1 atom stereocenters. The monoisotopic (exact) mass is 448 g/mol. The zero-order valence-corrected chi connectivity index (χ0v) is 19.5. The van der Waals surface area contributed by atoms with Gasteiger partial charge in [-0.1, -0.05) is 47.5 Å². The second-order valence-corrected chi connectivity index (χ2v) is 9.83. The lowest BCUT2D eigenvalue weighted by Gasteiger charge is -2.42. The topological polar surface area (TPSA) is 59.1 Å². The largest absolute Gasteiger partial charge is 0.381 e. The summed E-state index contributed by atoms with van der Waals surface area (Å²) in [5, 5.41) is 0. The zero-order valence-electron chi connectivity index (χ0n) is 19.5. The average Bonchev–Trinajstić information content (AvgIpc) is 3.24. The van der Waals surface area contributed by atoms with Gasteiger partial charge in [-0.05, 0) is 50.8 Å². The molecule has 0 aromatic heterocycles. The van der Waals surface area contributed by atoms with Gasteiger partial charge in [-0.15, -0.1) is 0 Å². The van der Waals surface area contributed by atoms with E-state index in [1.165, 1.54) is 11.1 Å². The quantitative estimate of drug-likeness (QED) is 0.722. The van der Waals surface area contributed by atoms with Crippen molar-refractivity contribution in [2.45, 2.75) is 44.1 Å². The highest BCUT2D eigenvalue weighted by Gasteiger charge is 2.51. The van der Waals surface area contributed by atoms with Crippen LogP contribution in [0.15, 0.2) is 48.5 Å². The van der Waals surface area contributed by atoms with Crippen LogP contribution in [-0.4, -0.2) is 61.8 Å². The fourth-order valence-electron chi connectivity index (χ4n) is 5.72. The molecule has 0 saturated carbocycles. The summed E-state index contributed by atoms with van der Waals surface area (Å²) in [5.41, 5.74) is 3.24. The molecule has 3 aliphatic rings. The van der Waals surface area contributed by atoms with Gasteiger partial charge in [-0.2, -0.15) is 0 Å². The Morgan fingerprint density at radius 3 is 2.33 bits per heavy atom. The number of carbonyl (C=O) groups excluding carboxylic acids is 2. The smallest absolute Gasteiger partial charge is 0.253 e. The number of likely N-dealkylation sites (tertiary alicyclic amines) is 1. The minimum absolute atomic E-state index is 0.0345. The number of aryl methyl sites for hydroxylation is 2. The highest BCUT2D eigenvalue weighted by atomic mass is 16.5. The molecule has 33 heavy (non-hydrogen) atoms. The third-order valence-corrected chi connectivity index (χ3v) is 7.45. The first kappa shape index (κ1) is 22.1. The molecule has 1 spiro atoms. The van der Waals surface area contributed by atoms with Gasteiger partial charge in [0.15, 0.2) is 0 Å². The van der Waals surface area contributed by atoms with Crippen molar-refractivity contribution in [3.63, 3.8) is 0 Å². The molecule has 3 heterocycles. The number of morpholine rings is 1. The number of benzene rings is 2. The summed E-state index contributed by atoms with van der Waals surface area (Å²) in [7, 11) is 0. The Balaban J connectivity index is 1.40. The van der Waals surface area contributed by atoms with E-state index in [9.17, 15) is 9.59 Å². The molecule has 0 N–H and O–H groups in total. The van der Waals surface area contributed by atoms with Gasteiger partial charge in [-0.25, -0.2) is 0 Å². The summed E-state index contributed by atoms with van der Waals surface area (Å²) < 4.78 is 11.8. The Morgan fingerprint density at radius 1 is 0.939 bits per heavy atom. The predicted octanol–water partition coefficient (Wildman–Crippen LogP) is 3.39. The van der Waals surface area contributed by atoms with Gasteiger partial charge in [0, 0.05) is 25.4 Å². The average molecular weight is 449 g/mol. The first-order valence-electron chi connectivity index (χ1n) is 11.9. The first-order valence-corrected chi connectivity index (χ1v) is 11.9. The lowest BCUT2D eigenvalue weighted by Crippen LogP contribution is -2.57. The lowest BCUT2D eigenvalue weighted by molar-refractivity contribution is -0.144. The van der Waals surface area contributed by atoms with E-state index in [1.807, 2.05) is 40.1 Å². The summed E-state index contributed by atoms with van der Waals surface area (Å²) in [6, 6.07) is 16.2. The third-order valence-electron chi connectivity index (χ3n) is 7.45. The number of carbonyl (C=O) groups is 2. The molecular weight excluding hydrogens is 416 g/mol. The molecule has 3 saturated heterocycles. The molecular formula is C27H32N2O4. The summed E-state index contributed by atoms with van der Waals surface area (Å²) in [6.45, 7) is 7.02. The standard InChI is InChI=1S/C27H32N2O4/c1-20-14-21(2)16-22(15-20)27(9-12-32-13-10-27)25(31)28-11-8-26(18-28)19-29(24(30)17-33-26)23-6-4-3-5-7-23/h3-7,14-16H,8-13,17-19H2,1-2H3/t26-/m0/s1. The number of anilines is 1. The van der Waals surface area contributed by atoms with Gasteiger partial charge in [0.25, 0.3) is 5.91 Å². The normalized spacial score (nSPS) is 25.0. The van der Waals surface area contributed by atoms with Crippen molar-refractivity contribution in [1.82, 2.24) is 4.90 Å². The molecule has 2 aromatic carbocycles. The van der Waals surface area contributed by atoms with Crippen molar-refractivity contribution in [2.24, 2.45) is 0 Å². The Kier molecular flexibility index (Phi) is 5.75. The summed E-state index contributed by atoms with van der Waals surface area (Å²) in [5.74, 6) is 0.132. The van der Waals surface area contributed by atoms with Crippen molar-refractivity contribution >= 4 is 17.5 Å². The van der Waals surface area contributed by atoms with Gasteiger partial charge in [-0.3, -0.25) is 9.59 Å². The number of ether oxygens (including phenoxy) is 2. The molecule has 0 aliphatic carbocycles. The molecule has 174 valence electrons. The van der Waals surface area contributed by atoms with Gasteiger partial charge < -0.3 is 19.3 Å². The highest BCUT2D eigenvalue weighted by molar-refractivity contribution is 5.95. The zero-order chi connectivity index (χ0) is 23.1. The van der Waals surface area contributed by atoms with Crippen LogP contribution in [0.4, 0.5) is 5.69 Å². The minimum atomic E-state index is -0.565. The van der Waals surface area contributed by atoms with E-state index < -0.39 is 11.0 Å². The van der Waals surface area contributed by atoms with E-state index in [0.717, 1.165) is 17.7 Å². The summed E-state index contributed by atoms with van der Waals surface area (Å²) in [6.07, 6.45) is 2.11. The van der Waals surface area contributed by atoms with Crippen LogP contribution in [0, 0.1) is 13.8 Å². The van der Waals surface area contributed by atoms with Gasteiger partial charge >= 0.3 is 0 Å². The van der Waals surface area contributed by atoms with E-state index in [-0.39, 0.29) is 18.4 Å². The molecule has 6 nitrogen and oxygen atoms in total. The predicted molar refractivity (Wildman–Crippen MR) is 126 cm³/mol. The number of amides is 2. The fraction of sp³-hybridized carbons (Fsp3) is 0.481. The van der Waals surface area contributed by atoms with Crippen LogP contribution in [0.3, 0.4) is 0 Å².